The number of aryl methyl sites for hydroxylation is 3. The Morgan fingerprint density at radius 3 is 2.87 bits per heavy atom. The zero-order valence-electron chi connectivity index (χ0n) is 14.2. The van der Waals surface area contributed by atoms with Crippen molar-refractivity contribution in [1.82, 2.24) is 15.1 Å². The van der Waals surface area contributed by atoms with Crippen molar-refractivity contribution in [1.29, 1.82) is 0 Å². The summed E-state index contributed by atoms with van der Waals surface area (Å²) < 4.78 is 0. The van der Waals surface area contributed by atoms with Crippen LogP contribution in [0.2, 0.25) is 0 Å². The van der Waals surface area contributed by atoms with Crippen LogP contribution >= 0.6 is 0 Å². The Hall–Kier alpha value is -2.10. The van der Waals surface area contributed by atoms with Crippen LogP contribution in [-0.4, -0.2) is 28.1 Å². The molecule has 1 aliphatic rings. The van der Waals surface area contributed by atoms with E-state index in [1.807, 2.05) is 18.9 Å². The lowest BCUT2D eigenvalue weighted by atomic mass is 9.87. The molecule has 0 radical (unpaired) electrons. The van der Waals surface area contributed by atoms with E-state index in [1.54, 1.807) is 0 Å². The summed E-state index contributed by atoms with van der Waals surface area (Å²) in [6, 6.07) is 8.74. The van der Waals surface area contributed by atoms with E-state index in [0.29, 0.717) is 12.8 Å². The molecular formula is C19H25N3O. The summed E-state index contributed by atoms with van der Waals surface area (Å²) >= 11 is 0. The predicted octanol–water partition coefficient (Wildman–Crippen LogP) is 3.50. The van der Waals surface area contributed by atoms with E-state index in [0.717, 1.165) is 30.7 Å². The highest BCUT2D eigenvalue weighted by atomic mass is 16.2. The minimum atomic E-state index is 0.201. The Morgan fingerprint density at radius 2 is 2.13 bits per heavy atom. The van der Waals surface area contributed by atoms with Gasteiger partial charge in [-0.3, -0.25) is 9.89 Å². The van der Waals surface area contributed by atoms with Crippen LogP contribution in [0, 0.1) is 13.8 Å². The molecule has 1 heterocycles. The number of hydrogen-bond donors (Lipinski definition) is 1. The predicted molar refractivity (Wildman–Crippen MR) is 91.3 cm³/mol. The van der Waals surface area contributed by atoms with Crippen LogP contribution < -0.4 is 0 Å². The van der Waals surface area contributed by atoms with Gasteiger partial charge in [0.1, 0.15) is 0 Å². The van der Waals surface area contributed by atoms with Gasteiger partial charge in [-0.15, -0.1) is 0 Å². The van der Waals surface area contributed by atoms with Gasteiger partial charge in [-0.25, -0.2) is 0 Å². The van der Waals surface area contributed by atoms with Crippen molar-refractivity contribution in [2.45, 2.75) is 52.0 Å². The number of amides is 1. The highest BCUT2D eigenvalue weighted by molar-refractivity contribution is 5.76. The Balaban J connectivity index is 1.67. The molecule has 0 aliphatic heterocycles. The van der Waals surface area contributed by atoms with Gasteiger partial charge in [0.2, 0.25) is 5.91 Å². The highest BCUT2D eigenvalue weighted by Gasteiger charge is 2.26. The minimum absolute atomic E-state index is 0.201. The first-order valence-corrected chi connectivity index (χ1v) is 8.42. The van der Waals surface area contributed by atoms with Crippen LogP contribution in [0.4, 0.5) is 0 Å². The van der Waals surface area contributed by atoms with Gasteiger partial charge in [-0.2, -0.15) is 5.10 Å². The maximum Gasteiger partial charge on any atom is 0.223 e. The molecule has 1 aromatic heterocycles. The van der Waals surface area contributed by atoms with E-state index in [2.05, 4.69) is 41.4 Å². The third kappa shape index (κ3) is 3.16. The van der Waals surface area contributed by atoms with Gasteiger partial charge in [-0.05, 0) is 49.8 Å². The van der Waals surface area contributed by atoms with Crippen molar-refractivity contribution in [3.63, 3.8) is 0 Å². The molecule has 1 amide bonds. The molecule has 1 aromatic carbocycles. The number of benzene rings is 1. The van der Waals surface area contributed by atoms with Crippen molar-refractivity contribution >= 4 is 5.91 Å². The molecule has 0 saturated heterocycles. The average molecular weight is 311 g/mol. The number of fused-ring (bicyclic) bond motifs is 1. The summed E-state index contributed by atoms with van der Waals surface area (Å²) in [5, 5.41) is 7.29. The maximum absolute atomic E-state index is 12.6. The Bertz CT molecular complexity index is 704. The quantitative estimate of drug-likeness (QED) is 0.939. The Kier molecular flexibility index (Phi) is 4.51. The van der Waals surface area contributed by atoms with Crippen LogP contribution in [0.3, 0.4) is 0 Å². The molecule has 2 aromatic rings. The SMILES string of the molecule is Cc1[nH]nc(CCC(=O)N(C)C2CCCc3ccccc32)c1C. The third-order valence-electron chi connectivity index (χ3n) is 5.13. The lowest BCUT2D eigenvalue weighted by Crippen LogP contribution is -2.33. The standard InChI is InChI=1S/C19H25N3O/c1-13-14(2)20-21-17(13)11-12-19(23)22(3)18-10-6-8-15-7-4-5-9-16(15)18/h4-5,7,9,18H,6,8,10-12H2,1-3H3,(H,20,21). The van der Waals surface area contributed by atoms with Crippen LogP contribution in [0.5, 0.6) is 0 Å². The van der Waals surface area contributed by atoms with Gasteiger partial charge in [0.15, 0.2) is 0 Å². The fraction of sp³-hybridized carbons (Fsp3) is 0.474. The van der Waals surface area contributed by atoms with E-state index < -0.39 is 0 Å². The van der Waals surface area contributed by atoms with Crippen molar-refractivity contribution in [2.24, 2.45) is 0 Å². The van der Waals surface area contributed by atoms with Gasteiger partial charge in [0.05, 0.1) is 11.7 Å². The van der Waals surface area contributed by atoms with E-state index in [-0.39, 0.29) is 11.9 Å². The lowest BCUT2D eigenvalue weighted by Gasteiger charge is -2.33. The fourth-order valence-electron chi connectivity index (χ4n) is 3.48. The van der Waals surface area contributed by atoms with E-state index in [4.69, 9.17) is 0 Å². The topological polar surface area (TPSA) is 49.0 Å². The molecular weight excluding hydrogens is 286 g/mol. The molecule has 0 saturated carbocycles. The van der Waals surface area contributed by atoms with Crippen LogP contribution in [0.25, 0.3) is 0 Å². The van der Waals surface area contributed by atoms with Crippen LogP contribution in [0.15, 0.2) is 24.3 Å². The van der Waals surface area contributed by atoms with Crippen molar-refractivity contribution < 1.29 is 4.79 Å². The van der Waals surface area contributed by atoms with Gasteiger partial charge in [0, 0.05) is 25.6 Å². The number of aromatic amines is 1. The van der Waals surface area contributed by atoms with Gasteiger partial charge >= 0.3 is 0 Å². The van der Waals surface area contributed by atoms with Crippen molar-refractivity contribution in [3.8, 4) is 0 Å². The first kappa shape index (κ1) is 15.8. The number of carbonyl (C=O) groups excluding carboxylic acids is 1. The number of hydrogen-bond acceptors (Lipinski definition) is 2. The normalized spacial score (nSPS) is 16.9. The third-order valence-corrected chi connectivity index (χ3v) is 5.13. The smallest absolute Gasteiger partial charge is 0.223 e. The zero-order chi connectivity index (χ0) is 16.4. The molecule has 1 N–H and O–H groups in total. The molecule has 3 rings (SSSR count). The molecule has 122 valence electrons. The molecule has 1 atom stereocenters. The Labute approximate surface area is 137 Å². The van der Waals surface area contributed by atoms with E-state index >= 15 is 0 Å². The highest BCUT2D eigenvalue weighted by Crippen LogP contribution is 2.33. The summed E-state index contributed by atoms with van der Waals surface area (Å²) in [6.45, 7) is 4.07. The zero-order valence-corrected chi connectivity index (χ0v) is 14.2. The summed E-state index contributed by atoms with van der Waals surface area (Å²) in [5.41, 5.74) is 5.97. The second kappa shape index (κ2) is 6.57. The van der Waals surface area contributed by atoms with Crippen molar-refractivity contribution in [2.75, 3.05) is 7.05 Å². The van der Waals surface area contributed by atoms with E-state index in [9.17, 15) is 4.79 Å². The largest absolute Gasteiger partial charge is 0.339 e. The second-order valence-corrected chi connectivity index (χ2v) is 6.53. The Morgan fingerprint density at radius 1 is 1.35 bits per heavy atom. The molecule has 4 heteroatoms. The number of nitrogens with zero attached hydrogens (tertiary/aromatic N) is 2. The number of carbonyl (C=O) groups is 1. The minimum Gasteiger partial charge on any atom is -0.339 e. The number of rotatable bonds is 4. The summed E-state index contributed by atoms with van der Waals surface area (Å²) in [5.74, 6) is 0.201. The first-order chi connectivity index (χ1) is 11.1. The second-order valence-electron chi connectivity index (χ2n) is 6.53. The summed E-state index contributed by atoms with van der Waals surface area (Å²) in [4.78, 5) is 14.6. The van der Waals surface area contributed by atoms with Crippen LogP contribution in [-0.2, 0) is 17.6 Å². The molecule has 0 bridgehead atoms. The van der Waals surface area contributed by atoms with Gasteiger partial charge in [-0.1, -0.05) is 24.3 Å². The van der Waals surface area contributed by atoms with Crippen LogP contribution in [0.1, 0.15) is 53.4 Å². The summed E-state index contributed by atoms with van der Waals surface area (Å²) in [6.07, 6.45) is 4.55. The monoisotopic (exact) mass is 311 g/mol. The van der Waals surface area contributed by atoms with Gasteiger partial charge in [0.25, 0.3) is 0 Å². The molecule has 4 nitrogen and oxygen atoms in total. The number of aromatic nitrogens is 2. The molecule has 1 unspecified atom stereocenters. The number of nitrogens with one attached hydrogen (secondary N) is 1. The molecule has 0 spiro atoms. The average Bonchev–Trinajstić information content (AvgIpc) is 2.90. The van der Waals surface area contributed by atoms with E-state index in [1.165, 1.54) is 16.7 Å². The van der Waals surface area contributed by atoms with Crippen molar-refractivity contribution in [3.05, 3.63) is 52.3 Å². The molecule has 23 heavy (non-hydrogen) atoms. The summed E-state index contributed by atoms with van der Waals surface area (Å²) in [7, 11) is 1.94. The maximum atomic E-state index is 12.6. The fourth-order valence-corrected chi connectivity index (χ4v) is 3.48. The molecule has 1 aliphatic carbocycles. The molecule has 0 fully saturated rings. The number of H-pyrrole nitrogens is 1. The van der Waals surface area contributed by atoms with Gasteiger partial charge < -0.3 is 4.90 Å². The first-order valence-electron chi connectivity index (χ1n) is 8.42. The lowest BCUT2D eigenvalue weighted by molar-refractivity contribution is -0.132.